The molecule has 0 nitrogen and oxygen atoms in total. The van der Waals surface area contributed by atoms with E-state index in [2.05, 4.69) is 62.4 Å². The van der Waals surface area contributed by atoms with Crippen molar-refractivity contribution in [1.82, 2.24) is 0 Å². The van der Waals surface area contributed by atoms with Gasteiger partial charge in [-0.15, -0.1) is 0 Å². The first-order valence-electron chi connectivity index (χ1n) is 9.44. The van der Waals surface area contributed by atoms with Crippen LogP contribution in [-0.2, 0) is 6.42 Å². The molecule has 2 aromatic rings. The van der Waals surface area contributed by atoms with Crippen molar-refractivity contribution in [2.75, 3.05) is 0 Å². The lowest BCUT2D eigenvalue weighted by Gasteiger charge is -2.28. The van der Waals surface area contributed by atoms with Gasteiger partial charge in [0.2, 0.25) is 0 Å². The van der Waals surface area contributed by atoms with Crippen LogP contribution < -0.4 is 0 Å². The summed E-state index contributed by atoms with van der Waals surface area (Å²) >= 11 is 0. The maximum absolute atomic E-state index is 2.45. The second kappa shape index (κ2) is 7.81. The fraction of sp³-hybridized carbons (Fsp3) is 0.478. The Bertz CT molecular complexity index is 657. The Kier molecular flexibility index (Phi) is 5.54. The van der Waals surface area contributed by atoms with Crippen LogP contribution in [0.1, 0.15) is 69.4 Å². The average molecular weight is 306 g/mol. The molecule has 0 unspecified atom stereocenters. The van der Waals surface area contributed by atoms with E-state index >= 15 is 0 Å². The normalized spacial score (nSPS) is 22.0. The van der Waals surface area contributed by atoms with Gasteiger partial charge in [0.15, 0.2) is 0 Å². The Morgan fingerprint density at radius 3 is 2.43 bits per heavy atom. The number of rotatable bonds is 5. The van der Waals surface area contributed by atoms with Gasteiger partial charge in [-0.25, -0.2) is 0 Å². The number of hydrogen-bond donors (Lipinski definition) is 0. The Balaban J connectivity index is 1.73. The molecule has 2 aromatic carbocycles. The van der Waals surface area contributed by atoms with Crippen LogP contribution in [0.2, 0.25) is 0 Å². The van der Waals surface area contributed by atoms with E-state index in [1.165, 1.54) is 48.4 Å². The van der Waals surface area contributed by atoms with Crippen molar-refractivity contribution in [2.45, 2.75) is 64.7 Å². The number of aryl methyl sites for hydroxylation is 1. The van der Waals surface area contributed by atoms with E-state index < -0.39 is 0 Å². The lowest BCUT2D eigenvalue weighted by molar-refractivity contribution is 0.319. The summed E-state index contributed by atoms with van der Waals surface area (Å²) in [5.41, 5.74) is 3.01. The molecule has 0 atom stereocenters. The molecule has 3 rings (SSSR count). The highest BCUT2D eigenvalue weighted by Gasteiger charge is 2.21. The minimum atomic E-state index is 0.788. The number of hydrogen-bond acceptors (Lipinski definition) is 0. The van der Waals surface area contributed by atoms with E-state index in [1.54, 1.807) is 5.56 Å². The first-order chi connectivity index (χ1) is 11.3. The van der Waals surface area contributed by atoms with Crippen LogP contribution >= 0.6 is 0 Å². The minimum Gasteiger partial charge on any atom is -0.0917 e. The van der Waals surface area contributed by atoms with Gasteiger partial charge in [0.25, 0.3) is 0 Å². The van der Waals surface area contributed by atoms with Crippen LogP contribution in [0.15, 0.2) is 48.6 Å². The molecule has 1 fully saturated rings. The third kappa shape index (κ3) is 4.05. The summed E-state index contributed by atoms with van der Waals surface area (Å²) < 4.78 is 0. The average Bonchev–Trinajstić information content (AvgIpc) is 2.61. The predicted molar refractivity (Wildman–Crippen MR) is 102 cm³/mol. The quantitative estimate of drug-likeness (QED) is 0.520. The summed E-state index contributed by atoms with van der Waals surface area (Å²) in [6, 6.07) is 14.2. The maximum atomic E-state index is 2.45. The zero-order chi connectivity index (χ0) is 16.1. The molecule has 0 aromatic heterocycles. The van der Waals surface area contributed by atoms with Crippen LogP contribution in [0, 0.1) is 5.92 Å². The summed E-state index contributed by atoms with van der Waals surface area (Å²) in [7, 11) is 0. The highest BCUT2D eigenvalue weighted by molar-refractivity contribution is 5.84. The molecular formula is C23H30. The second-order valence-electron chi connectivity index (χ2n) is 7.17. The molecule has 0 N–H and O–H groups in total. The zero-order valence-corrected chi connectivity index (χ0v) is 14.7. The van der Waals surface area contributed by atoms with Crippen molar-refractivity contribution in [2.24, 2.45) is 5.92 Å². The van der Waals surface area contributed by atoms with E-state index in [-0.39, 0.29) is 0 Å². The van der Waals surface area contributed by atoms with Crippen molar-refractivity contribution in [3.63, 3.8) is 0 Å². The Morgan fingerprint density at radius 2 is 1.70 bits per heavy atom. The monoisotopic (exact) mass is 306 g/mol. The van der Waals surface area contributed by atoms with Gasteiger partial charge in [0.05, 0.1) is 0 Å². The highest BCUT2D eigenvalue weighted by Crippen LogP contribution is 2.37. The molecule has 0 heteroatoms. The molecule has 0 saturated heterocycles. The third-order valence-corrected chi connectivity index (χ3v) is 5.66. The first-order valence-corrected chi connectivity index (χ1v) is 9.44. The van der Waals surface area contributed by atoms with Gasteiger partial charge in [-0.05, 0) is 79.2 Å². The Labute approximate surface area is 141 Å². The fourth-order valence-electron chi connectivity index (χ4n) is 4.04. The second-order valence-corrected chi connectivity index (χ2v) is 7.17. The fourth-order valence-corrected chi connectivity index (χ4v) is 4.04. The van der Waals surface area contributed by atoms with Gasteiger partial charge in [0, 0.05) is 0 Å². The molecule has 1 aliphatic rings. The van der Waals surface area contributed by atoms with Crippen LogP contribution in [0.4, 0.5) is 0 Å². The molecule has 1 aliphatic carbocycles. The smallest absolute Gasteiger partial charge is 0.0162 e. The predicted octanol–water partition coefficient (Wildman–Crippen LogP) is 7.03. The van der Waals surface area contributed by atoms with E-state index in [4.69, 9.17) is 0 Å². The molecule has 122 valence electrons. The lowest BCUT2D eigenvalue weighted by Crippen LogP contribution is -2.12. The minimum absolute atomic E-state index is 0.788. The highest BCUT2D eigenvalue weighted by atomic mass is 14.3. The first kappa shape index (κ1) is 16.3. The third-order valence-electron chi connectivity index (χ3n) is 5.66. The number of allylic oxidation sites excluding steroid dienone is 2. The summed E-state index contributed by atoms with van der Waals surface area (Å²) in [6.07, 6.45) is 13.6. The summed E-state index contributed by atoms with van der Waals surface area (Å²) in [5, 5.41) is 2.81. The van der Waals surface area contributed by atoms with Gasteiger partial charge in [-0.1, -0.05) is 61.9 Å². The SMILES string of the molecule is C/C=C/CCc1ccc2cc(C3CCC(CC)CC3)ccc2c1. The molecule has 0 spiro atoms. The van der Waals surface area contributed by atoms with Gasteiger partial charge < -0.3 is 0 Å². The molecule has 0 radical (unpaired) electrons. The van der Waals surface area contributed by atoms with Gasteiger partial charge >= 0.3 is 0 Å². The number of fused-ring (bicyclic) bond motifs is 1. The molecule has 1 saturated carbocycles. The van der Waals surface area contributed by atoms with Crippen molar-refractivity contribution in [3.8, 4) is 0 Å². The van der Waals surface area contributed by atoms with Crippen molar-refractivity contribution >= 4 is 10.8 Å². The number of benzene rings is 2. The molecule has 0 aliphatic heterocycles. The van der Waals surface area contributed by atoms with Gasteiger partial charge in [-0.2, -0.15) is 0 Å². The summed E-state index contributed by atoms with van der Waals surface area (Å²) in [6.45, 7) is 4.44. The summed E-state index contributed by atoms with van der Waals surface area (Å²) in [5.74, 6) is 1.77. The van der Waals surface area contributed by atoms with Crippen LogP contribution in [0.5, 0.6) is 0 Å². The van der Waals surface area contributed by atoms with E-state index in [0.717, 1.165) is 24.7 Å². The van der Waals surface area contributed by atoms with Gasteiger partial charge in [0.1, 0.15) is 0 Å². The Morgan fingerprint density at radius 1 is 0.957 bits per heavy atom. The van der Waals surface area contributed by atoms with E-state index in [0.29, 0.717) is 0 Å². The molecule has 23 heavy (non-hydrogen) atoms. The van der Waals surface area contributed by atoms with E-state index in [9.17, 15) is 0 Å². The maximum Gasteiger partial charge on any atom is -0.0162 e. The standard InChI is InChI=1S/C23H30/c1-3-5-6-7-19-10-13-23-17-22(15-14-21(23)16-19)20-11-8-18(4-2)9-12-20/h3,5,10,13-18,20H,4,6-9,11-12H2,1-2H3/b5-3+. The van der Waals surface area contributed by atoms with Crippen molar-refractivity contribution in [1.29, 1.82) is 0 Å². The van der Waals surface area contributed by atoms with Crippen molar-refractivity contribution < 1.29 is 0 Å². The van der Waals surface area contributed by atoms with E-state index in [1.807, 2.05) is 0 Å². The van der Waals surface area contributed by atoms with Gasteiger partial charge in [-0.3, -0.25) is 0 Å². The molecule has 0 bridgehead atoms. The summed E-state index contributed by atoms with van der Waals surface area (Å²) in [4.78, 5) is 0. The van der Waals surface area contributed by atoms with Crippen molar-refractivity contribution in [3.05, 3.63) is 59.7 Å². The molecule has 0 heterocycles. The Hall–Kier alpha value is -1.56. The lowest BCUT2D eigenvalue weighted by atomic mass is 9.77. The largest absolute Gasteiger partial charge is 0.0917 e. The zero-order valence-electron chi connectivity index (χ0n) is 14.7. The van der Waals surface area contributed by atoms with Crippen LogP contribution in [0.25, 0.3) is 10.8 Å². The molecule has 0 amide bonds. The van der Waals surface area contributed by atoms with Crippen LogP contribution in [-0.4, -0.2) is 0 Å². The van der Waals surface area contributed by atoms with Crippen LogP contribution in [0.3, 0.4) is 0 Å². The topological polar surface area (TPSA) is 0 Å². The molecular weight excluding hydrogens is 276 g/mol.